The molecule has 1 saturated carbocycles. The van der Waals surface area contributed by atoms with E-state index >= 15 is 0 Å². The molecule has 8 heteroatoms. The van der Waals surface area contributed by atoms with E-state index in [9.17, 15) is 9.59 Å². The van der Waals surface area contributed by atoms with E-state index in [1.807, 2.05) is 0 Å². The molecule has 224 valence electrons. The number of carbonyl (C=O) groups excluding carboxylic acids is 2. The quantitative estimate of drug-likeness (QED) is 0.422. The fourth-order valence-electron chi connectivity index (χ4n) is 8.96. The molecule has 1 aliphatic carbocycles. The molecule has 0 amide bonds. The average Bonchev–Trinajstić information content (AvgIpc) is 3.61. The van der Waals surface area contributed by atoms with Crippen molar-refractivity contribution >= 4 is 64.6 Å². The third kappa shape index (κ3) is 3.87. The van der Waals surface area contributed by atoms with E-state index in [-0.39, 0.29) is 59.7 Å². The van der Waals surface area contributed by atoms with Crippen molar-refractivity contribution in [3.8, 4) is 0 Å². The first kappa shape index (κ1) is 29.3. The summed E-state index contributed by atoms with van der Waals surface area (Å²) in [5.41, 5.74) is 4.74. The van der Waals surface area contributed by atoms with Crippen molar-refractivity contribution in [2.24, 2.45) is 23.7 Å². The molecule has 4 heterocycles. The van der Waals surface area contributed by atoms with Crippen molar-refractivity contribution in [3.63, 3.8) is 0 Å². The minimum atomic E-state index is -1.63. The maximum absolute atomic E-state index is 14.6. The highest BCUT2D eigenvalue weighted by Crippen LogP contribution is 2.67. The summed E-state index contributed by atoms with van der Waals surface area (Å²) in [6.07, 6.45) is -1.21. The summed E-state index contributed by atoms with van der Waals surface area (Å²) in [6, 6.07) is 9.63. The minimum absolute atomic E-state index is 0.216. The largest absolute Gasteiger partial charge is 0.364 e. The lowest BCUT2D eigenvalue weighted by Gasteiger charge is -2.41. The molecule has 4 aliphatic heterocycles. The Morgan fingerprint density at radius 2 is 0.595 bits per heavy atom. The van der Waals surface area contributed by atoms with Gasteiger partial charge in [0.25, 0.3) is 0 Å². The third-order valence-electron chi connectivity index (χ3n) is 10.9. The number of ketones is 2. The van der Waals surface area contributed by atoms with Crippen LogP contribution in [0.4, 0.5) is 0 Å². The van der Waals surface area contributed by atoms with Gasteiger partial charge >= 0.3 is 0 Å². The van der Waals surface area contributed by atoms with Gasteiger partial charge in [0.15, 0.2) is 0 Å². The molecule has 5 aliphatic rings. The number of benzene rings is 2. The molecule has 4 bridgehead atoms. The van der Waals surface area contributed by atoms with Crippen molar-refractivity contribution in [1.29, 1.82) is 0 Å². The monoisotopic (exact) mass is 632 g/mol. The van der Waals surface area contributed by atoms with Crippen LogP contribution in [-0.2, 0) is 19.1 Å². The maximum Gasteiger partial charge on any atom is 0.146 e. The van der Waals surface area contributed by atoms with Crippen LogP contribution in [-0.4, -0.2) is 43.9 Å². The molecule has 2 aromatic carbocycles. The molecule has 7 rings (SSSR count). The number of rotatable bonds is 4. The lowest BCUT2D eigenvalue weighted by molar-refractivity contribution is -0.147. The van der Waals surface area contributed by atoms with Crippen LogP contribution in [0.1, 0.15) is 46.7 Å². The van der Waals surface area contributed by atoms with Gasteiger partial charge in [-0.1, -0.05) is 124 Å². The van der Waals surface area contributed by atoms with Crippen LogP contribution < -0.4 is 20.7 Å². The molecule has 0 spiro atoms. The number of ether oxygens (including phenoxy) is 2. The van der Waals surface area contributed by atoms with Gasteiger partial charge in [0.05, 0.1) is 80.4 Å². The SMILES string of the molecule is C[Si](C)(C)c1cc2c(cc1[Si](C)(C)C)[C@@H]1O[C@H]2[C@@H]2C(=O)[C@@H]3[C@H](C(=O)[C@@H]21)[C@@H]1O[C@H]3c2cc([Si](C)(C)C)c([Si](C)(C)C)cc21. The minimum Gasteiger partial charge on any atom is -0.364 e. The van der Waals surface area contributed by atoms with Crippen molar-refractivity contribution in [1.82, 2.24) is 0 Å². The molecule has 2 saturated heterocycles. The van der Waals surface area contributed by atoms with Gasteiger partial charge in [0.2, 0.25) is 0 Å². The Hall–Kier alpha value is -1.43. The molecule has 4 nitrogen and oxygen atoms in total. The molecule has 8 atom stereocenters. The first-order valence-electron chi connectivity index (χ1n) is 16.0. The van der Waals surface area contributed by atoms with Crippen LogP contribution in [0.5, 0.6) is 0 Å². The highest BCUT2D eigenvalue weighted by atomic mass is 28.3. The number of Topliss-reactive ketones (excluding diaryl/α,β-unsaturated/α-hetero) is 2. The summed E-state index contributed by atoms with van der Waals surface area (Å²) in [5, 5.41) is 6.04. The van der Waals surface area contributed by atoms with Crippen molar-refractivity contribution in [2.45, 2.75) is 103 Å². The van der Waals surface area contributed by atoms with E-state index in [1.54, 1.807) is 0 Å². The van der Waals surface area contributed by atoms with Crippen LogP contribution in [0.2, 0.25) is 78.6 Å². The fourth-order valence-corrected chi connectivity index (χ4v) is 19.3. The lowest BCUT2D eigenvalue weighted by Crippen LogP contribution is -2.58. The molecular formula is C34H48O4Si4. The highest BCUT2D eigenvalue weighted by Gasteiger charge is 2.70. The Morgan fingerprint density at radius 1 is 0.405 bits per heavy atom. The van der Waals surface area contributed by atoms with Crippen LogP contribution in [0.25, 0.3) is 0 Å². The van der Waals surface area contributed by atoms with Gasteiger partial charge in [0.1, 0.15) is 11.6 Å². The Labute approximate surface area is 256 Å². The summed E-state index contributed by atoms with van der Waals surface area (Å²) >= 11 is 0. The Kier molecular flexibility index (Phi) is 6.02. The fraction of sp³-hybridized carbons (Fsp3) is 0.588. The van der Waals surface area contributed by atoms with Crippen LogP contribution in [0, 0.1) is 23.7 Å². The Morgan fingerprint density at radius 3 is 0.762 bits per heavy atom. The lowest BCUT2D eigenvalue weighted by atomic mass is 9.57. The number of hydrogen-bond donors (Lipinski definition) is 0. The van der Waals surface area contributed by atoms with Gasteiger partial charge < -0.3 is 9.47 Å². The first-order chi connectivity index (χ1) is 19.2. The molecule has 3 fully saturated rings. The van der Waals surface area contributed by atoms with Crippen LogP contribution in [0.3, 0.4) is 0 Å². The van der Waals surface area contributed by atoms with Crippen molar-refractivity contribution in [2.75, 3.05) is 0 Å². The third-order valence-corrected chi connectivity index (χ3v) is 19.5. The molecular weight excluding hydrogens is 585 g/mol. The number of fused-ring (bicyclic) bond motifs is 16. The predicted octanol–water partition coefficient (Wildman–Crippen LogP) is 5.44. The van der Waals surface area contributed by atoms with Gasteiger partial charge in [0, 0.05) is 0 Å². The van der Waals surface area contributed by atoms with Crippen LogP contribution >= 0.6 is 0 Å². The van der Waals surface area contributed by atoms with Gasteiger partial charge in [-0.15, -0.1) is 0 Å². The highest BCUT2D eigenvalue weighted by molar-refractivity contribution is 6.99. The molecule has 2 aromatic rings. The Bertz CT molecular complexity index is 1340. The normalized spacial score (nSPS) is 33.1. The van der Waals surface area contributed by atoms with Crippen molar-refractivity contribution < 1.29 is 19.1 Å². The Balaban J connectivity index is 1.33. The van der Waals surface area contributed by atoms with E-state index in [0.717, 1.165) is 0 Å². The molecule has 42 heavy (non-hydrogen) atoms. The summed E-state index contributed by atoms with van der Waals surface area (Å²) in [5.74, 6) is -1.09. The maximum atomic E-state index is 14.6. The van der Waals surface area contributed by atoms with E-state index in [4.69, 9.17) is 9.47 Å². The standard InChI is InChI=1S/C34H48O4Si4/c1-39(2,3)21-13-17-18(14-22(21)40(4,5)6)32-26-25(31(17)37-32)29(35)27-28(30(26)36)34-20-16-24(42(10,11)12)23(41(7,8)9)15-19(20)33(27)38-34/h13-16,25-28,31-34H,1-12H3/t25-,26+,27-,28+,31-,32+,33+,34-. The zero-order chi connectivity index (χ0) is 30.6. The number of hydrogen-bond acceptors (Lipinski definition) is 4. The average molecular weight is 633 g/mol. The first-order valence-corrected chi connectivity index (χ1v) is 30.0. The van der Waals surface area contributed by atoms with E-state index in [2.05, 4.69) is 103 Å². The van der Waals surface area contributed by atoms with E-state index in [1.165, 1.54) is 43.0 Å². The van der Waals surface area contributed by atoms with E-state index < -0.39 is 32.3 Å². The second-order valence-corrected chi connectivity index (χ2v) is 38.1. The molecule has 0 unspecified atom stereocenters. The smallest absolute Gasteiger partial charge is 0.146 e. The molecule has 0 aromatic heterocycles. The zero-order valence-corrected chi connectivity index (χ0v) is 31.6. The molecule has 0 N–H and O–H groups in total. The van der Waals surface area contributed by atoms with Crippen LogP contribution in [0.15, 0.2) is 24.3 Å². The summed E-state index contributed by atoms with van der Waals surface area (Å²) < 4.78 is 13.4. The summed E-state index contributed by atoms with van der Waals surface area (Å²) in [6.45, 7) is 29.0. The summed E-state index contributed by atoms with van der Waals surface area (Å²) in [4.78, 5) is 29.1. The van der Waals surface area contributed by atoms with Crippen molar-refractivity contribution in [3.05, 3.63) is 46.5 Å². The van der Waals surface area contributed by atoms with Gasteiger partial charge in [-0.05, 0) is 22.3 Å². The topological polar surface area (TPSA) is 52.6 Å². The van der Waals surface area contributed by atoms with E-state index in [0.29, 0.717) is 0 Å². The van der Waals surface area contributed by atoms with Gasteiger partial charge in [-0.3, -0.25) is 9.59 Å². The zero-order valence-electron chi connectivity index (χ0n) is 27.6. The second-order valence-electron chi connectivity index (χ2n) is 17.9. The second kappa shape index (κ2) is 8.63. The van der Waals surface area contributed by atoms with Gasteiger partial charge in [-0.2, -0.15) is 0 Å². The number of carbonyl (C=O) groups is 2. The summed E-state index contributed by atoms with van der Waals surface area (Å²) in [7, 11) is -6.52. The molecule has 0 radical (unpaired) electrons. The predicted molar refractivity (Wildman–Crippen MR) is 182 cm³/mol. The van der Waals surface area contributed by atoms with Gasteiger partial charge in [-0.25, -0.2) is 0 Å².